The van der Waals surface area contributed by atoms with Crippen LogP contribution in [0, 0.1) is 6.92 Å². The molecule has 1 N–H and O–H groups in total. The Bertz CT molecular complexity index is 995. The number of benzene rings is 1. The van der Waals surface area contributed by atoms with Crippen LogP contribution in [0.15, 0.2) is 69.5 Å². The van der Waals surface area contributed by atoms with Crippen molar-refractivity contribution < 1.29 is 17.6 Å². The Morgan fingerprint density at radius 3 is 2.54 bits per heavy atom. The van der Waals surface area contributed by atoms with Crippen LogP contribution in [0.5, 0.6) is 0 Å². The Hall–Kier alpha value is -2.42. The Balaban J connectivity index is 1.80. The minimum Gasteiger partial charge on any atom is -0.468 e. The molecular weight excluding hydrogens is 396 g/mol. The second-order valence-electron chi connectivity index (χ2n) is 6.47. The van der Waals surface area contributed by atoms with Gasteiger partial charge in [0.15, 0.2) is 0 Å². The molecule has 28 heavy (non-hydrogen) atoms. The van der Waals surface area contributed by atoms with Crippen molar-refractivity contribution in [3.05, 3.63) is 76.4 Å². The van der Waals surface area contributed by atoms with Crippen LogP contribution in [0.25, 0.3) is 0 Å². The summed E-state index contributed by atoms with van der Waals surface area (Å²) in [5.41, 5.74) is 0.957. The van der Waals surface area contributed by atoms with Gasteiger partial charge in [-0.3, -0.25) is 4.79 Å². The van der Waals surface area contributed by atoms with E-state index in [-0.39, 0.29) is 29.9 Å². The molecule has 2 aromatic heterocycles. The second kappa shape index (κ2) is 8.72. The van der Waals surface area contributed by atoms with E-state index in [9.17, 15) is 13.2 Å². The Morgan fingerprint density at radius 1 is 1.18 bits per heavy atom. The predicted octanol–water partition coefficient (Wildman–Crippen LogP) is 3.72. The van der Waals surface area contributed by atoms with Gasteiger partial charge in [-0.15, -0.1) is 11.3 Å². The number of sulfonamides is 1. The zero-order valence-corrected chi connectivity index (χ0v) is 17.3. The number of nitrogens with one attached hydrogen (secondary N) is 1. The molecular formula is C20H22N2O4S2. The lowest BCUT2D eigenvalue weighted by atomic mass is 10.2. The average Bonchev–Trinajstić information content (AvgIpc) is 3.35. The van der Waals surface area contributed by atoms with E-state index in [2.05, 4.69) is 5.32 Å². The van der Waals surface area contributed by atoms with Gasteiger partial charge >= 0.3 is 0 Å². The number of hydrogen-bond donors (Lipinski definition) is 1. The molecule has 148 valence electrons. The Kier molecular flexibility index (Phi) is 6.33. The lowest BCUT2D eigenvalue weighted by Gasteiger charge is -2.22. The second-order valence-corrected chi connectivity index (χ2v) is 9.39. The maximum absolute atomic E-state index is 13.1. The molecule has 0 spiro atoms. The number of furan rings is 1. The largest absolute Gasteiger partial charge is 0.468 e. The van der Waals surface area contributed by atoms with Crippen LogP contribution >= 0.6 is 11.3 Å². The molecule has 0 saturated carbocycles. The molecule has 1 aromatic carbocycles. The lowest BCUT2D eigenvalue weighted by Crippen LogP contribution is -2.40. The fraction of sp³-hybridized carbons (Fsp3) is 0.250. The van der Waals surface area contributed by atoms with Crippen molar-refractivity contribution in [2.45, 2.75) is 31.3 Å². The first-order valence-electron chi connectivity index (χ1n) is 8.78. The minimum atomic E-state index is -3.86. The van der Waals surface area contributed by atoms with Crippen molar-refractivity contribution in [2.24, 2.45) is 0 Å². The highest BCUT2D eigenvalue weighted by molar-refractivity contribution is 7.89. The number of nitrogens with zero attached hydrogens (tertiary/aromatic N) is 1. The van der Waals surface area contributed by atoms with Gasteiger partial charge in [0.2, 0.25) is 15.9 Å². The van der Waals surface area contributed by atoms with Gasteiger partial charge in [-0.1, -0.05) is 23.8 Å². The van der Waals surface area contributed by atoms with E-state index in [1.54, 1.807) is 36.4 Å². The third-order valence-corrected chi connectivity index (χ3v) is 7.10. The van der Waals surface area contributed by atoms with Crippen LogP contribution in [0.4, 0.5) is 0 Å². The third-order valence-electron chi connectivity index (χ3n) is 4.24. The maximum atomic E-state index is 13.1. The van der Waals surface area contributed by atoms with Crippen LogP contribution in [-0.2, 0) is 21.4 Å². The number of thiophene rings is 1. The van der Waals surface area contributed by atoms with E-state index in [1.807, 2.05) is 31.4 Å². The van der Waals surface area contributed by atoms with Gasteiger partial charge in [0.1, 0.15) is 5.76 Å². The van der Waals surface area contributed by atoms with Crippen LogP contribution in [0.2, 0.25) is 0 Å². The van der Waals surface area contributed by atoms with E-state index in [0.717, 1.165) is 14.7 Å². The zero-order chi connectivity index (χ0) is 20.1. The van der Waals surface area contributed by atoms with E-state index >= 15 is 0 Å². The molecule has 3 rings (SSSR count). The fourth-order valence-corrected chi connectivity index (χ4v) is 4.81. The molecule has 0 aliphatic rings. The van der Waals surface area contributed by atoms with Crippen molar-refractivity contribution >= 4 is 27.3 Å². The van der Waals surface area contributed by atoms with Gasteiger partial charge in [-0.2, -0.15) is 4.31 Å². The fourth-order valence-electron chi connectivity index (χ4n) is 2.72. The first-order valence-corrected chi connectivity index (χ1v) is 11.1. The molecule has 0 bridgehead atoms. The number of carbonyl (C=O) groups excluding carboxylic acids is 1. The number of amides is 1. The molecule has 1 atom stereocenters. The summed E-state index contributed by atoms with van der Waals surface area (Å²) in [5.74, 6) is 0.0953. The molecule has 6 nitrogen and oxygen atoms in total. The van der Waals surface area contributed by atoms with E-state index in [0.29, 0.717) is 5.76 Å². The highest BCUT2D eigenvalue weighted by Gasteiger charge is 2.28. The van der Waals surface area contributed by atoms with Crippen molar-refractivity contribution in [3.63, 3.8) is 0 Å². The minimum absolute atomic E-state index is 0.0238. The third kappa shape index (κ3) is 4.89. The smallest absolute Gasteiger partial charge is 0.243 e. The van der Waals surface area contributed by atoms with Gasteiger partial charge in [0.05, 0.1) is 30.3 Å². The van der Waals surface area contributed by atoms with Crippen molar-refractivity contribution in [1.29, 1.82) is 0 Å². The number of carbonyl (C=O) groups is 1. The summed E-state index contributed by atoms with van der Waals surface area (Å²) in [6, 6.07) is 13.6. The molecule has 8 heteroatoms. The van der Waals surface area contributed by atoms with Crippen LogP contribution in [0.3, 0.4) is 0 Å². The standard InChI is InChI=1S/C20H22N2O4S2/c1-15-7-9-18(10-8-15)28(24,25)22(13-17-5-3-11-26-17)14-20(23)21-16(2)19-6-4-12-27-19/h3-12,16H,13-14H2,1-2H3,(H,21,23)/t16-/m0/s1. The summed E-state index contributed by atoms with van der Waals surface area (Å²) in [4.78, 5) is 13.7. The van der Waals surface area contributed by atoms with E-state index in [4.69, 9.17) is 4.42 Å². The topological polar surface area (TPSA) is 79.6 Å². The Labute approximate surface area is 168 Å². The number of aryl methyl sites for hydroxylation is 1. The van der Waals surface area contributed by atoms with Gasteiger partial charge in [0.25, 0.3) is 0 Å². The van der Waals surface area contributed by atoms with E-state index < -0.39 is 10.0 Å². The highest BCUT2D eigenvalue weighted by atomic mass is 32.2. The molecule has 0 aliphatic carbocycles. The maximum Gasteiger partial charge on any atom is 0.243 e. The summed E-state index contributed by atoms with van der Waals surface area (Å²) in [7, 11) is -3.86. The summed E-state index contributed by atoms with van der Waals surface area (Å²) < 4.78 is 32.7. The molecule has 0 fully saturated rings. The molecule has 3 aromatic rings. The molecule has 0 unspecified atom stereocenters. The Morgan fingerprint density at radius 2 is 1.93 bits per heavy atom. The van der Waals surface area contributed by atoms with Gasteiger partial charge in [-0.25, -0.2) is 8.42 Å². The van der Waals surface area contributed by atoms with Crippen molar-refractivity contribution in [2.75, 3.05) is 6.54 Å². The molecule has 2 heterocycles. The molecule has 0 radical (unpaired) electrons. The summed E-state index contributed by atoms with van der Waals surface area (Å²) in [6.07, 6.45) is 1.48. The SMILES string of the molecule is Cc1ccc(S(=O)(=O)N(CC(=O)N[C@@H](C)c2cccs2)Cc2ccco2)cc1. The first-order chi connectivity index (χ1) is 13.4. The quantitative estimate of drug-likeness (QED) is 0.605. The van der Waals surface area contributed by atoms with Gasteiger partial charge < -0.3 is 9.73 Å². The van der Waals surface area contributed by atoms with Gasteiger partial charge in [0, 0.05) is 4.88 Å². The van der Waals surface area contributed by atoms with Crippen LogP contribution < -0.4 is 5.32 Å². The van der Waals surface area contributed by atoms with Gasteiger partial charge in [-0.05, 0) is 49.6 Å². The zero-order valence-electron chi connectivity index (χ0n) is 15.7. The van der Waals surface area contributed by atoms with Crippen LogP contribution in [0.1, 0.15) is 29.2 Å². The highest BCUT2D eigenvalue weighted by Crippen LogP contribution is 2.21. The monoisotopic (exact) mass is 418 g/mol. The average molecular weight is 419 g/mol. The van der Waals surface area contributed by atoms with Crippen molar-refractivity contribution in [1.82, 2.24) is 9.62 Å². The number of rotatable bonds is 8. The summed E-state index contributed by atoms with van der Waals surface area (Å²) in [6.45, 7) is 3.43. The molecule has 0 aliphatic heterocycles. The number of hydrogen-bond acceptors (Lipinski definition) is 5. The van der Waals surface area contributed by atoms with E-state index in [1.165, 1.54) is 17.6 Å². The predicted molar refractivity (Wildman–Crippen MR) is 108 cm³/mol. The van der Waals surface area contributed by atoms with Crippen LogP contribution in [-0.4, -0.2) is 25.2 Å². The lowest BCUT2D eigenvalue weighted by molar-refractivity contribution is -0.122. The summed E-state index contributed by atoms with van der Waals surface area (Å²) in [5, 5.41) is 4.79. The molecule has 0 saturated heterocycles. The van der Waals surface area contributed by atoms with Crippen molar-refractivity contribution in [3.8, 4) is 0 Å². The first kappa shape index (κ1) is 20.3. The summed E-state index contributed by atoms with van der Waals surface area (Å²) >= 11 is 1.54. The normalized spacial score (nSPS) is 12.8. The molecule has 1 amide bonds.